The Morgan fingerprint density at radius 2 is 1.87 bits per heavy atom. The Morgan fingerprint density at radius 1 is 1.20 bits per heavy atom. The van der Waals surface area contributed by atoms with Crippen LogP contribution in [-0.2, 0) is 9.59 Å². The van der Waals surface area contributed by atoms with Crippen LogP contribution in [0.15, 0.2) is 59.7 Å². The maximum atomic E-state index is 13.3. The van der Waals surface area contributed by atoms with Crippen LogP contribution in [0.3, 0.4) is 0 Å². The van der Waals surface area contributed by atoms with Crippen molar-refractivity contribution in [2.45, 2.75) is 51.1 Å². The number of hydrogen-bond donors (Lipinski definition) is 1. The molecule has 7 nitrogen and oxygen atoms in total. The van der Waals surface area contributed by atoms with Crippen molar-refractivity contribution in [2.75, 3.05) is 11.4 Å². The molecule has 2 aromatic carbocycles. The Morgan fingerprint density at radius 3 is 2.53 bits per heavy atom. The molecule has 0 bridgehead atoms. The predicted octanol–water partition coefficient (Wildman–Crippen LogP) is 4.54. The number of nitrogens with zero attached hydrogens (tertiary/aromatic N) is 4. The smallest absolute Gasteiger partial charge is 0.240 e. The zero-order valence-corrected chi connectivity index (χ0v) is 17.6. The maximum Gasteiger partial charge on any atom is 0.240 e. The van der Waals surface area contributed by atoms with Crippen LogP contribution in [0.25, 0.3) is 10.4 Å². The number of benzene rings is 2. The molecule has 0 saturated heterocycles. The Balaban J connectivity index is 2.05. The largest absolute Gasteiger partial charge is 0.350 e. The summed E-state index contributed by atoms with van der Waals surface area (Å²) < 4.78 is 0. The third-order valence-corrected chi connectivity index (χ3v) is 5.67. The van der Waals surface area contributed by atoms with Crippen molar-refractivity contribution in [2.24, 2.45) is 5.11 Å². The summed E-state index contributed by atoms with van der Waals surface area (Å²) in [6.45, 7) is 5.75. The first-order chi connectivity index (χ1) is 14.4. The zero-order valence-electron chi connectivity index (χ0n) is 17.6. The highest BCUT2D eigenvalue weighted by atomic mass is 16.2. The number of amides is 2. The fraction of sp³-hybridized carbons (Fsp3) is 0.391. The second-order valence-corrected chi connectivity index (χ2v) is 8.19. The van der Waals surface area contributed by atoms with Crippen molar-refractivity contribution in [3.8, 4) is 0 Å². The Hall–Kier alpha value is -3.31. The molecule has 2 atom stereocenters. The van der Waals surface area contributed by atoms with Crippen LogP contribution in [0, 0.1) is 0 Å². The van der Waals surface area contributed by atoms with Crippen molar-refractivity contribution in [3.63, 3.8) is 0 Å². The van der Waals surface area contributed by atoms with Gasteiger partial charge in [-0.1, -0.05) is 60.6 Å². The van der Waals surface area contributed by atoms with Crippen LogP contribution >= 0.6 is 0 Å². The number of anilines is 1. The number of azide groups is 1. The van der Waals surface area contributed by atoms with Crippen LogP contribution in [0.4, 0.5) is 5.69 Å². The molecule has 2 aromatic rings. The molecule has 1 heterocycles. The standard InChI is InChI=1S/C23H27N5O2/c1-4-23(2,3)25-21(29)15-28-20-13-9-8-12-17(20)18(16-10-6-5-7-11-16)14-19(22(28)30)26-27-24/h5-13,18-19H,4,14-15H2,1-3H3,(H,25,29)/t18-,19-/m1/s1. The molecule has 0 aliphatic carbocycles. The zero-order chi connectivity index (χ0) is 21.7. The van der Waals surface area contributed by atoms with Gasteiger partial charge in [-0.3, -0.25) is 9.59 Å². The van der Waals surface area contributed by atoms with Crippen molar-refractivity contribution in [1.82, 2.24) is 5.32 Å². The van der Waals surface area contributed by atoms with Crippen LogP contribution < -0.4 is 10.2 Å². The highest BCUT2D eigenvalue weighted by Crippen LogP contribution is 2.39. The molecular weight excluding hydrogens is 378 g/mol. The number of carbonyl (C=O) groups excluding carboxylic acids is 2. The summed E-state index contributed by atoms with van der Waals surface area (Å²) >= 11 is 0. The van der Waals surface area contributed by atoms with Gasteiger partial charge >= 0.3 is 0 Å². The van der Waals surface area contributed by atoms with Crippen molar-refractivity contribution < 1.29 is 9.59 Å². The third kappa shape index (κ3) is 4.63. The molecule has 0 fully saturated rings. The topological polar surface area (TPSA) is 98.2 Å². The summed E-state index contributed by atoms with van der Waals surface area (Å²) in [5.41, 5.74) is 11.3. The minimum atomic E-state index is -0.889. The van der Waals surface area contributed by atoms with E-state index in [2.05, 4.69) is 15.3 Å². The molecule has 2 amide bonds. The quantitative estimate of drug-likeness (QED) is 0.434. The van der Waals surface area contributed by atoms with E-state index >= 15 is 0 Å². The first-order valence-electron chi connectivity index (χ1n) is 10.2. The summed E-state index contributed by atoms with van der Waals surface area (Å²) in [6.07, 6.45) is 1.11. The lowest BCUT2D eigenvalue weighted by molar-refractivity contribution is -0.125. The summed E-state index contributed by atoms with van der Waals surface area (Å²) in [6, 6.07) is 16.6. The SMILES string of the molecule is CCC(C)(C)NC(=O)CN1C(=O)[C@H](N=[N+]=[N-])C[C@H](c2ccccc2)c2ccccc21. The van der Waals surface area contributed by atoms with Gasteiger partial charge in [0, 0.05) is 22.1 Å². The Kier molecular flexibility index (Phi) is 6.43. The van der Waals surface area contributed by atoms with Gasteiger partial charge in [0.25, 0.3) is 0 Å². The predicted molar refractivity (Wildman–Crippen MR) is 117 cm³/mol. The van der Waals surface area contributed by atoms with Crippen LogP contribution in [0.1, 0.15) is 50.7 Å². The molecule has 1 aliphatic heterocycles. The molecule has 156 valence electrons. The molecular formula is C23H27N5O2. The van der Waals surface area contributed by atoms with Gasteiger partial charge in [-0.05, 0) is 49.4 Å². The van der Waals surface area contributed by atoms with Gasteiger partial charge in [0.15, 0.2) is 0 Å². The lowest BCUT2D eigenvalue weighted by Crippen LogP contribution is -2.50. The van der Waals surface area contributed by atoms with Crippen molar-refractivity contribution >= 4 is 17.5 Å². The lowest BCUT2D eigenvalue weighted by Gasteiger charge is -2.28. The van der Waals surface area contributed by atoms with Crippen LogP contribution in [0.2, 0.25) is 0 Å². The van der Waals surface area contributed by atoms with E-state index in [9.17, 15) is 9.59 Å². The van der Waals surface area contributed by atoms with Gasteiger partial charge in [0.1, 0.15) is 12.6 Å². The molecule has 30 heavy (non-hydrogen) atoms. The molecule has 1 aliphatic rings. The molecule has 1 N–H and O–H groups in total. The summed E-state index contributed by atoms with van der Waals surface area (Å²) in [5, 5.41) is 6.77. The van der Waals surface area contributed by atoms with Gasteiger partial charge in [-0.15, -0.1) is 0 Å². The highest BCUT2D eigenvalue weighted by molar-refractivity contribution is 6.03. The number of para-hydroxylation sites is 1. The van der Waals surface area contributed by atoms with Crippen molar-refractivity contribution in [1.29, 1.82) is 0 Å². The minimum Gasteiger partial charge on any atom is -0.350 e. The maximum absolute atomic E-state index is 13.3. The average Bonchev–Trinajstić information content (AvgIpc) is 2.85. The number of rotatable bonds is 6. The number of hydrogen-bond acceptors (Lipinski definition) is 3. The van der Waals surface area contributed by atoms with Gasteiger partial charge in [0.2, 0.25) is 11.8 Å². The van der Waals surface area contributed by atoms with E-state index < -0.39 is 6.04 Å². The van der Waals surface area contributed by atoms with E-state index in [0.29, 0.717) is 12.1 Å². The Bertz CT molecular complexity index is 967. The first-order valence-corrected chi connectivity index (χ1v) is 10.2. The first kappa shape index (κ1) is 21.4. The summed E-state index contributed by atoms with van der Waals surface area (Å²) in [4.78, 5) is 30.5. The van der Waals surface area contributed by atoms with Crippen LogP contribution in [0.5, 0.6) is 0 Å². The number of fused-ring (bicyclic) bond motifs is 1. The number of nitrogens with one attached hydrogen (secondary N) is 1. The molecule has 0 aromatic heterocycles. The number of carbonyl (C=O) groups is 2. The van der Waals surface area contributed by atoms with Gasteiger partial charge in [0.05, 0.1) is 0 Å². The van der Waals surface area contributed by atoms with E-state index in [1.165, 1.54) is 4.90 Å². The summed E-state index contributed by atoms with van der Waals surface area (Å²) in [7, 11) is 0. The van der Waals surface area contributed by atoms with Gasteiger partial charge in [-0.25, -0.2) is 0 Å². The highest BCUT2D eigenvalue weighted by Gasteiger charge is 2.36. The average molecular weight is 406 g/mol. The fourth-order valence-corrected chi connectivity index (χ4v) is 3.75. The second-order valence-electron chi connectivity index (χ2n) is 8.19. The van der Waals surface area contributed by atoms with Gasteiger partial charge < -0.3 is 10.2 Å². The van der Waals surface area contributed by atoms with Crippen LogP contribution in [-0.4, -0.2) is 29.9 Å². The fourth-order valence-electron chi connectivity index (χ4n) is 3.75. The van der Waals surface area contributed by atoms with Crippen molar-refractivity contribution in [3.05, 3.63) is 76.2 Å². The molecule has 3 rings (SSSR count). The minimum absolute atomic E-state index is 0.123. The molecule has 7 heteroatoms. The van der Waals surface area contributed by atoms with Gasteiger partial charge in [-0.2, -0.15) is 0 Å². The molecule has 0 saturated carbocycles. The monoisotopic (exact) mass is 405 g/mol. The van der Waals surface area contributed by atoms with E-state index in [-0.39, 0.29) is 29.8 Å². The normalized spacial score (nSPS) is 18.8. The van der Waals surface area contributed by atoms with E-state index in [4.69, 9.17) is 5.53 Å². The lowest BCUT2D eigenvalue weighted by atomic mass is 9.86. The molecule has 0 unspecified atom stereocenters. The van der Waals surface area contributed by atoms with E-state index in [1.54, 1.807) is 0 Å². The summed E-state index contributed by atoms with van der Waals surface area (Å²) in [5.74, 6) is -0.729. The third-order valence-electron chi connectivity index (χ3n) is 5.67. The molecule has 0 radical (unpaired) electrons. The van der Waals surface area contributed by atoms with E-state index in [1.807, 2.05) is 75.4 Å². The Labute approximate surface area is 176 Å². The second kappa shape index (κ2) is 9.01. The molecule has 0 spiro atoms. The van der Waals surface area contributed by atoms with E-state index in [0.717, 1.165) is 17.5 Å².